The lowest BCUT2D eigenvalue weighted by molar-refractivity contribution is -0.122. The summed E-state index contributed by atoms with van der Waals surface area (Å²) >= 11 is 2.05. The van der Waals surface area contributed by atoms with Crippen molar-refractivity contribution in [2.45, 2.75) is 44.0 Å². The van der Waals surface area contributed by atoms with Gasteiger partial charge in [-0.2, -0.15) is 11.8 Å². The Balaban J connectivity index is 1.70. The Morgan fingerprint density at radius 3 is 3.10 bits per heavy atom. The van der Waals surface area contributed by atoms with Gasteiger partial charge in [-0.3, -0.25) is 14.7 Å². The van der Waals surface area contributed by atoms with Gasteiger partial charge in [0.2, 0.25) is 5.91 Å². The minimum Gasteiger partial charge on any atom is -0.351 e. The molecule has 21 heavy (non-hydrogen) atoms. The smallest absolute Gasteiger partial charge is 0.234 e. The molecule has 4 nitrogen and oxygen atoms in total. The van der Waals surface area contributed by atoms with E-state index in [-0.39, 0.29) is 5.91 Å². The first-order chi connectivity index (χ1) is 10.2. The second-order valence-corrected chi connectivity index (χ2v) is 7.17. The normalized spacial score (nSPS) is 21.7. The van der Waals surface area contributed by atoms with Crippen LogP contribution in [-0.2, 0) is 11.3 Å². The van der Waals surface area contributed by atoms with E-state index in [1.165, 1.54) is 25.0 Å². The Bertz CT molecular complexity index is 440. The van der Waals surface area contributed by atoms with Crippen molar-refractivity contribution in [3.63, 3.8) is 0 Å². The average Bonchev–Trinajstić information content (AvgIpc) is 2.95. The third-order valence-electron chi connectivity index (χ3n) is 3.99. The summed E-state index contributed by atoms with van der Waals surface area (Å²) in [6.45, 7) is 3.25. The van der Waals surface area contributed by atoms with E-state index < -0.39 is 0 Å². The van der Waals surface area contributed by atoms with E-state index in [9.17, 15) is 4.79 Å². The molecular formula is C16H25N3OS. The van der Waals surface area contributed by atoms with Crippen LogP contribution in [0.5, 0.6) is 0 Å². The fourth-order valence-corrected chi connectivity index (χ4v) is 3.95. The zero-order valence-electron chi connectivity index (χ0n) is 12.9. The van der Waals surface area contributed by atoms with Crippen LogP contribution in [0.2, 0.25) is 0 Å². The third kappa shape index (κ3) is 5.32. The topological polar surface area (TPSA) is 45.2 Å². The van der Waals surface area contributed by atoms with Gasteiger partial charge < -0.3 is 5.32 Å². The molecule has 0 bridgehead atoms. The van der Waals surface area contributed by atoms with Crippen LogP contribution in [0.1, 0.15) is 31.7 Å². The molecule has 1 N–H and O–H groups in total. The van der Waals surface area contributed by atoms with Gasteiger partial charge in [0.05, 0.1) is 6.54 Å². The zero-order valence-corrected chi connectivity index (χ0v) is 13.7. The van der Waals surface area contributed by atoms with E-state index >= 15 is 0 Å². The molecule has 5 heteroatoms. The van der Waals surface area contributed by atoms with Crippen LogP contribution in [0.4, 0.5) is 0 Å². The van der Waals surface area contributed by atoms with Crippen molar-refractivity contribution in [3.8, 4) is 0 Å². The van der Waals surface area contributed by atoms with Crippen LogP contribution in [0.3, 0.4) is 0 Å². The first kappa shape index (κ1) is 16.3. The van der Waals surface area contributed by atoms with Gasteiger partial charge in [-0.15, -0.1) is 0 Å². The average molecular weight is 307 g/mol. The predicted octanol–water partition coefficient (Wildman–Crippen LogP) is 2.30. The Morgan fingerprint density at radius 1 is 1.52 bits per heavy atom. The standard InChI is InChI=1S/C16H25N3OS/c1-3-21-15-7-6-14(9-15)19(2)12-16(20)18-11-13-5-4-8-17-10-13/h4-5,8,10,14-15H,3,6-7,9,11-12H2,1-2H3,(H,18,20)/t14-,15+/m0/s1. The van der Waals surface area contributed by atoms with Crippen LogP contribution in [0.15, 0.2) is 24.5 Å². The minimum atomic E-state index is 0.0907. The number of aromatic nitrogens is 1. The molecule has 1 heterocycles. The fourth-order valence-electron chi connectivity index (χ4n) is 2.82. The summed E-state index contributed by atoms with van der Waals surface area (Å²) in [5.41, 5.74) is 1.04. The van der Waals surface area contributed by atoms with E-state index in [0.717, 1.165) is 10.8 Å². The molecule has 1 aromatic rings. The SMILES string of the molecule is CCS[C@@H]1CC[C@H](N(C)CC(=O)NCc2cccnc2)C1. The second kappa shape index (κ2) is 8.39. The number of nitrogens with zero attached hydrogens (tertiary/aromatic N) is 2. The van der Waals surface area contributed by atoms with Crippen molar-refractivity contribution in [1.82, 2.24) is 15.2 Å². The number of carbonyl (C=O) groups excluding carboxylic acids is 1. The molecule has 0 radical (unpaired) electrons. The first-order valence-electron chi connectivity index (χ1n) is 7.66. The fraction of sp³-hybridized carbons (Fsp3) is 0.625. The molecule has 2 atom stereocenters. The van der Waals surface area contributed by atoms with Gasteiger partial charge >= 0.3 is 0 Å². The first-order valence-corrected chi connectivity index (χ1v) is 8.71. The highest BCUT2D eigenvalue weighted by molar-refractivity contribution is 7.99. The number of pyridine rings is 1. The summed E-state index contributed by atoms with van der Waals surface area (Å²) in [5, 5.41) is 3.74. The summed E-state index contributed by atoms with van der Waals surface area (Å²) < 4.78 is 0. The molecule has 0 aromatic carbocycles. The molecule has 116 valence electrons. The van der Waals surface area contributed by atoms with Gasteiger partial charge in [-0.05, 0) is 43.7 Å². The molecule has 1 aliphatic carbocycles. The lowest BCUT2D eigenvalue weighted by Gasteiger charge is -2.23. The highest BCUT2D eigenvalue weighted by Gasteiger charge is 2.28. The number of amides is 1. The maximum Gasteiger partial charge on any atom is 0.234 e. The van der Waals surface area contributed by atoms with Crippen LogP contribution < -0.4 is 5.32 Å². The molecule has 0 aliphatic heterocycles. The molecular weight excluding hydrogens is 282 g/mol. The van der Waals surface area contributed by atoms with Gasteiger partial charge in [-0.1, -0.05) is 13.0 Å². The molecule has 0 unspecified atom stereocenters. The Kier molecular flexibility index (Phi) is 6.51. The van der Waals surface area contributed by atoms with Crippen LogP contribution in [0.25, 0.3) is 0 Å². The highest BCUT2D eigenvalue weighted by atomic mass is 32.2. The predicted molar refractivity (Wildman–Crippen MR) is 88.3 cm³/mol. The molecule has 1 aliphatic rings. The number of carbonyl (C=O) groups is 1. The molecule has 1 saturated carbocycles. The maximum absolute atomic E-state index is 12.0. The summed E-state index contributed by atoms with van der Waals surface area (Å²) in [5.74, 6) is 1.28. The quantitative estimate of drug-likeness (QED) is 0.839. The van der Waals surface area contributed by atoms with Crippen molar-refractivity contribution in [1.29, 1.82) is 0 Å². The summed E-state index contributed by atoms with van der Waals surface area (Å²) in [4.78, 5) is 18.3. The molecule has 0 saturated heterocycles. The lowest BCUT2D eigenvalue weighted by atomic mass is 10.2. The van der Waals surface area contributed by atoms with Crippen LogP contribution in [0, 0.1) is 0 Å². The number of thioether (sulfide) groups is 1. The zero-order chi connectivity index (χ0) is 15.1. The number of likely N-dealkylation sites (N-methyl/N-ethyl adjacent to an activating group) is 1. The monoisotopic (exact) mass is 307 g/mol. The molecule has 0 spiro atoms. The summed E-state index contributed by atoms with van der Waals surface area (Å²) in [6.07, 6.45) is 7.23. The van der Waals surface area contributed by atoms with Gasteiger partial charge in [0.1, 0.15) is 0 Å². The Labute approximate surface area is 131 Å². The highest BCUT2D eigenvalue weighted by Crippen LogP contribution is 2.31. The van der Waals surface area contributed by atoms with E-state index in [1.807, 2.05) is 12.1 Å². The van der Waals surface area contributed by atoms with E-state index in [4.69, 9.17) is 0 Å². The Morgan fingerprint density at radius 2 is 2.38 bits per heavy atom. The molecule has 2 rings (SSSR count). The Hall–Kier alpha value is -1.07. The minimum absolute atomic E-state index is 0.0907. The second-order valence-electron chi connectivity index (χ2n) is 5.60. The van der Waals surface area contributed by atoms with E-state index in [0.29, 0.717) is 19.1 Å². The van der Waals surface area contributed by atoms with Crippen LogP contribution in [-0.4, -0.2) is 46.4 Å². The number of hydrogen-bond donors (Lipinski definition) is 1. The maximum atomic E-state index is 12.0. The van der Waals surface area contributed by atoms with Gasteiger partial charge in [0, 0.05) is 30.2 Å². The van der Waals surface area contributed by atoms with E-state index in [2.05, 4.69) is 40.9 Å². The van der Waals surface area contributed by atoms with Crippen molar-refractivity contribution in [2.24, 2.45) is 0 Å². The largest absolute Gasteiger partial charge is 0.351 e. The number of hydrogen-bond acceptors (Lipinski definition) is 4. The molecule has 1 amide bonds. The van der Waals surface area contributed by atoms with E-state index in [1.54, 1.807) is 12.4 Å². The van der Waals surface area contributed by atoms with Crippen molar-refractivity contribution < 1.29 is 4.79 Å². The summed E-state index contributed by atoms with van der Waals surface area (Å²) in [6, 6.07) is 4.41. The summed E-state index contributed by atoms with van der Waals surface area (Å²) in [7, 11) is 2.06. The van der Waals surface area contributed by atoms with Crippen molar-refractivity contribution in [3.05, 3.63) is 30.1 Å². The van der Waals surface area contributed by atoms with Crippen molar-refractivity contribution >= 4 is 17.7 Å². The van der Waals surface area contributed by atoms with Gasteiger partial charge in [0.15, 0.2) is 0 Å². The van der Waals surface area contributed by atoms with Crippen LogP contribution >= 0.6 is 11.8 Å². The lowest BCUT2D eigenvalue weighted by Crippen LogP contribution is -2.39. The van der Waals surface area contributed by atoms with Gasteiger partial charge in [-0.25, -0.2) is 0 Å². The van der Waals surface area contributed by atoms with Crippen molar-refractivity contribution in [2.75, 3.05) is 19.3 Å². The molecule has 1 fully saturated rings. The van der Waals surface area contributed by atoms with Gasteiger partial charge in [0.25, 0.3) is 0 Å². The number of nitrogens with one attached hydrogen (secondary N) is 1. The molecule has 1 aromatic heterocycles. The third-order valence-corrected chi connectivity index (χ3v) is 5.22. The number of rotatable bonds is 7.